The number of nitrogens with one attached hydrogen (secondary N) is 1. The van der Waals surface area contributed by atoms with Gasteiger partial charge < -0.3 is 5.32 Å². The zero-order valence-corrected chi connectivity index (χ0v) is 12.2. The molecule has 19 heavy (non-hydrogen) atoms. The van der Waals surface area contributed by atoms with Crippen LogP contribution in [0.2, 0.25) is 0 Å². The molecular formula is C17H24N2. The van der Waals surface area contributed by atoms with Crippen LogP contribution < -0.4 is 5.32 Å². The number of likely N-dealkylation sites (N-methyl/N-ethyl adjacent to an activating group) is 1. The fraction of sp³-hybridized carbons (Fsp3) is 0.471. The maximum Gasteiger partial charge on any atom is 0.0705 e. The van der Waals surface area contributed by atoms with Gasteiger partial charge in [-0.2, -0.15) is 0 Å². The van der Waals surface area contributed by atoms with Gasteiger partial charge in [0.05, 0.1) is 5.52 Å². The third-order valence-electron chi connectivity index (χ3n) is 3.90. The average Bonchev–Trinajstić information content (AvgIpc) is 2.46. The summed E-state index contributed by atoms with van der Waals surface area (Å²) in [7, 11) is 2.05. The van der Waals surface area contributed by atoms with E-state index in [-0.39, 0.29) is 0 Å². The van der Waals surface area contributed by atoms with Crippen molar-refractivity contribution < 1.29 is 0 Å². The topological polar surface area (TPSA) is 24.9 Å². The summed E-state index contributed by atoms with van der Waals surface area (Å²) in [6.45, 7) is 4.57. The van der Waals surface area contributed by atoms with Crippen molar-refractivity contribution in [3.05, 3.63) is 42.1 Å². The summed E-state index contributed by atoms with van der Waals surface area (Å²) in [6.07, 6.45) is 3.45. The Morgan fingerprint density at radius 1 is 1.16 bits per heavy atom. The fourth-order valence-electron chi connectivity index (χ4n) is 2.43. The molecule has 2 nitrogen and oxygen atoms in total. The monoisotopic (exact) mass is 256 g/mol. The Hall–Kier alpha value is -1.41. The lowest BCUT2D eigenvalue weighted by atomic mass is 9.96. The van der Waals surface area contributed by atoms with Gasteiger partial charge >= 0.3 is 0 Å². The molecule has 1 N–H and O–H groups in total. The van der Waals surface area contributed by atoms with Crippen LogP contribution in [-0.4, -0.2) is 18.1 Å². The first kappa shape index (κ1) is 14.0. The second-order valence-corrected chi connectivity index (χ2v) is 5.43. The van der Waals surface area contributed by atoms with Gasteiger partial charge in [-0.1, -0.05) is 44.5 Å². The summed E-state index contributed by atoms with van der Waals surface area (Å²) >= 11 is 0. The van der Waals surface area contributed by atoms with Crippen LogP contribution in [-0.2, 0) is 6.42 Å². The molecular weight excluding hydrogens is 232 g/mol. The lowest BCUT2D eigenvalue weighted by Gasteiger charge is -2.19. The Morgan fingerprint density at radius 2 is 1.95 bits per heavy atom. The van der Waals surface area contributed by atoms with Crippen molar-refractivity contribution in [2.24, 2.45) is 5.92 Å². The molecule has 0 radical (unpaired) electrons. The first-order valence-electron chi connectivity index (χ1n) is 7.24. The summed E-state index contributed by atoms with van der Waals surface area (Å²) in [4.78, 5) is 4.76. The maximum absolute atomic E-state index is 4.76. The van der Waals surface area contributed by atoms with Gasteiger partial charge in [0, 0.05) is 23.5 Å². The molecule has 0 aliphatic carbocycles. The van der Waals surface area contributed by atoms with Gasteiger partial charge in [-0.15, -0.1) is 0 Å². The summed E-state index contributed by atoms with van der Waals surface area (Å²) in [5.41, 5.74) is 2.28. The van der Waals surface area contributed by atoms with E-state index in [0.29, 0.717) is 6.04 Å². The molecule has 1 aromatic carbocycles. The standard InChI is InChI=1S/C17H24N2/c1-4-13(2)11-16(18-3)12-15-10-9-14-7-5-6-8-17(14)19-15/h5-10,13,16,18H,4,11-12H2,1-3H3. The van der Waals surface area contributed by atoms with E-state index in [2.05, 4.69) is 49.5 Å². The third kappa shape index (κ3) is 3.77. The molecule has 1 aromatic heterocycles. The minimum absolute atomic E-state index is 0.517. The number of pyridine rings is 1. The molecule has 0 aliphatic heterocycles. The molecule has 1 heterocycles. The number of para-hydroxylation sites is 1. The van der Waals surface area contributed by atoms with Gasteiger partial charge in [0.25, 0.3) is 0 Å². The molecule has 2 unspecified atom stereocenters. The zero-order valence-electron chi connectivity index (χ0n) is 12.2. The van der Waals surface area contributed by atoms with Crippen molar-refractivity contribution in [2.75, 3.05) is 7.05 Å². The van der Waals surface area contributed by atoms with Gasteiger partial charge in [0.1, 0.15) is 0 Å². The molecule has 2 aromatic rings. The zero-order chi connectivity index (χ0) is 13.7. The summed E-state index contributed by atoms with van der Waals surface area (Å²) in [5.74, 6) is 0.762. The number of nitrogens with zero attached hydrogens (tertiary/aromatic N) is 1. The van der Waals surface area contributed by atoms with Gasteiger partial charge in [0.2, 0.25) is 0 Å². The summed E-state index contributed by atoms with van der Waals surface area (Å²) in [6, 6.07) is 13.2. The Kier molecular flexibility index (Phi) is 4.92. The Morgan fingerprint density at radius 3 is 2.68 bits per heavy atom. The first-order valence-corrected chi connectivity index (χ1v) is 7.24. The lowest BCUT2D eigenvalue weighted by molar-refractivity contribution is 0.408. The van der Waals surface area contributed by atoms with Crippen LogP contribution in [0.3, 0.4) is 0 Å². The number of benzene rings is 1. The van der Waals surface area contributed by atoms with E-state index in [1.807, 2.05) is 13.1 Å². The van der Waals surface area contributed by atoms with E-state index in [1.54, 1.807) is 0 Å². The van der Waals surface area contributed by atoms with Crippen LogP contribution in [0.25, 0.3) is 10.9 Å². The maximum atomic E-state index is 4.76. The molecule has 0 spiro atoms. The first-order chi connectivity index (χ1) is 9.22. The summed E-state index contributed by atoms with van der Waals surface area (Å²) < 4.78 is 0. The quantitative estimate of drug-likeness (QED) is 0.850. The molecule has 2 atom stereocenters. The van der Waals surface area contributed by atoms with Crippen molar-refractivity contribution in [1.29, 1.82) is 0 Å². The molecule has 0 bridgehead atoms. The van der Waals surface area contributed by atoms with Crippen molar-refractivity contribution in [3.63, 3.8) is 0 Å². The predicted octanol–water partition coefficient (Wildman–Crippen LogP) is 3.80. The highest BCUT2D eigenvalue weighted by Gasteiger charge is 2.12. The second-order valence-electron chi connectivity index (χ2n) is 5.43. The van der Waals surface area contributed by atoms with Gasteiger partial charge in [0.15, 0.2) is 0 Å². The minimum atomic E-state index is 0.517. The van der Waals surface area contributed by atoms with Gasteiger partial charge in [-0.3, -0.25) is 4.98 Å². The largest absolute Gasteiger partial charge is 0.317 e. The van der Waals surface area contributed by atoms with Gasteiger partial charge in [-0.05, 0) is 31.5 Å². The van der Waals surface area contributed by atoms with Crippen LogP contribution in [0.1, 0.15) is 32.4 Å². The Balaban J connectivity index is 2.10. The van der Waals surface area contributed by atoms with Crippen LogP contribution in [0.5, 0.6) is 0 Å². The van der Waals surface area contributed by atoms with E-state index in [0.717, 1.165) is 17.9 Å². The molecule has 2 rings (SSSR count). The predicted molar refractivity (Wildman–Crippen MR) is 82.4 cm³/mol. The molecule has 0 aliphatic rings. The summed E-state index contributed by atoms with van der Waals surface area (Å²) in [5, 5.41) is 4.64. The smallest absolute Gasteiger partial charge is 0.0705 e. The molecule has 0 fully saturated rings. The Bertz CT molecular complexity index is 521. The van der Waals surface area contributed by atoms with Crippen molar-refractivity contribution in [1.82, 2.24) is 10.3 Å². The van der Waals surface area contributed by atoms with E-state index in [9.17, 15) is 0 Å². The molecule has 0 saturated heterocycles. The minimum Gasteiger partial charge on any atom is -0.317 e. The van der Waals surface area contributed by atoms with E-state index in [4.69, 9.17) is 4.98 Å². The van der Waals surface area contributed by atoms with E-state index < -0.39 is 0 Å². The number of fused-ring (bicyclic) bond motifs is 1. The highest BCUT2D eigenvalue weighted by Crippen LogP contribution is 2.16. The number of hydrogen-bond acceptors (Lipinski definition) is 2. The van der Waals surface area contributed by atoms with E-state index in [1.165, 1.54) is 23.9 Å². The number of hydrogen-bond donors (Lipinski definition) is 1. The molecule has 2 heteroatoms. The normalized spacial score (nSPS) is 14.5. The van der Waals surface area contributed by atoms with Crippen LogP contribution in [0, 0.1) is 5.92 Å². The average molecular weight is 256 g/mol. The van der Waals surface area contributed by atoms with E-state index >= 15 is 0 Å². The van der Waals surface area contributed by atoms with Crippen molar-refractivity contribution in [2.45, 2.75) is 39.2 Å². The van der Waals surface area contributed by atoms with Crippen LogP contribution in [0.4, 0.5) is 0 Å². The van der Waals surface area contributed by atoms with Crippen molar-refractivity contribution in [3.8, 4) is 0 Å². The number of rotatable bonds is 6. The van der Waals surface area contributed by atoms with Crippen LogP contribution in [0.15, 0.2) is 36.4 Å². The number of aromatic nitrogens is 1. The fourth-order valence-corrected chi connectivity index (χ4v) is 2.43. The molecule has 0 saturated carbocycles. The molecule has 0 amide bonds. The second kappa shape index (κ2) is 6.67. The highest BCUT2D eigenvalue weighted by atomic mass is 14.9. The highest BCUT2D eigenvalue weighted by molar-refractivity contribution is 5.78. The lowest BCUT2D eigenvalue weighted by Crippen LogP contribution is -2.29. The Labute approximate surface area is 116 Å². The third-order valence-corrected chi connectivity index (χ3v) is 3.90. The van der Waals surface area contributed by atoms with Gasteiger partial charge in [-0.25, -0.2) is 0 Å². The van der Waals surface area contributed by atoms with Crippen molar-refractivity contribution >= 4 is 10.9 Å². The SMILES string of the molecule is CCC(C)CC(Cc1ccc2ccccc2n1)NC. The van der Waals surface area contributed by atoms with Crippen LogP contribution >= 0.6 is 0 Å². The molecule has 102 valence electrons.